The smallest absolute Gasteiger partial charge is 0.427 e. The summed E-state index contributed by atoms with van der Waals surface area (Å²) in [7, 11) is -1.24. The fourth-order valence-electron chi connectivity index (χ4n) is 0.523. The Morgan fingerprint density at radius 2 is 2.44 bits per heavy atom. The van der Waals surface area contributed by atoms with Crippen molar-refractivity contribution in [3.8, 4) is 0 Å². The van der Waals surface area contributed by atoms with E-state index in [1.165, 1.54) is 11.3 Å². The quantitative estimate of drug-likeness (QED) is 0.558. The van der Waals surface area contributed by atoms with Gasteiger partial charge in [0, 0.05) is 17.4 Å². The molecule has 0 aliphatic rings. The van der Waals surface area contributed by atoms with Crippen LogP contribution in [0.1, 0.15) is 4.88 Å². The van der Waals surface area contributed by atoms with Gasteiger partial charge in [-0.2, -0.15) is 0 Å². The van der Waals surface area contributed by atoms with E-state index in [2.05, 4.69) is 4.98 Å². The first kappa shape index (κ1) is 6.73. The van der Waals surface area contributed by atoms with Crippen molar-refractivity contribution in [2.75, 3.05) is 0 Å². The summed E-state index contributed by atoms with van der Waals surface area (Å²) < 4.78 is 0. The van der Waals surface area contributed by atoms with E-state index in [0.717, 1.165) is 4.88 Å². The van der Waals surface area contributed by atoms with E-state index in [4.69, 9.17) is 10.0 Å². The number of nitrogens with zero attached hydrogens (tertiary/aromatic N) is 1. The van der Waals surface area contributed by atoms with Crippen molar-refractivity contribution < 1.29 is 10.0 Å². The lowest BCUT2D eigenvalue weighted by Crippen LogP contribution is -2.13. The molecular weight excluding hydrogens is 137 g/mol. The van der Waals surface area contributed by atoms with Crippen molar-refractivity contribution in [1.29, 1.82) is 0 Å². The highest BCUT2D eigenvalue weighted by atomic mass is 32.1. The van der Waals surface area contributed by atoms with Gasteiger partial charge in [-0.05, 0) is 0 Å². The van der Waals surface area contributed by atoms with Crippen LogP contribution in [-0.4, -0.2) is 22.2 Å². The molecule has 0 unspecified atom stereocenters. The van der Waals surface area contributed by atoms with Gasteiger partial charge in [0.25, 0.3) is 0 Å². The predicted octanol–water partition coefficient (Wildman–Crippen LogP) is -0.302. The van der Waals surface area contributed by atoms with Crippen molar-refractivity contribution in [1.82, 2.24) is 4.98 Å². The van der Waals surface area contributed by atoms with E-state index < -0.39 is 7.12 Å². The van der Waals surface area contributed by atoms with Crippen LogP contribution in [0, 0.1) is 0 Å². The largest absolute Gasteiger partial charge is 0.456 e. The Kier molecular flexibility index (Phi) is 2.21. The Bertz CT molecular complexity index is 165. The number of hydrogen-bond acceptors (Lipinski definition) is 4. The van der Waals surface area contributed by atoms with Gasteiger partial charge in [0.2, 0.25) is 0 Å². The molecule has 2 N–H and O–H groups in total. The molecule has 5 heteroatoms. The molecule has 0 radical (unpaired) electrons. The standard InChI is InChI=1S/C4H6BNO2S/c7-5(8)1-4-2-6-3-9-4/h2-3,7-8H,1H2. The van der Waals surface area contributed by atoms with E-state index in [-0.39, 0.29) is 6.32 Å². The van der Waals surface area contributed by atoms with Gasteiger partial charge < -0.3 is 10.0 Å². The predicted molar refractivity (Wildman–Crippen MR) is 36.0 cm³/mol. The monoisotopic (exact) mass is 143 g/mol. The Morgan fingerprint density at radius 3 is 2.89 bits per heavy atom. The van der Waals surface area contributed by atoms with Gasteiger partial charge in [-0.3, -0.25) is 4.98 Å². The first-order valence-electron chi connectivity index (χ1n) is 2.52. The minimum atomic E-state index is -1.24. The summed E-state index contributed by atoms with van der Waals surface area (Å²) in [6, 6.07) is 0. The summed E-state index contributed by atoms with van der Waals surface area (Å²) in [5.41, 5.74) is 1.66. The van der Waals surface area contributed by atoms with Crippen LogP contribution in [0.2, 0.25) is 0 Å². The minimum absolute atomic E-state index is 0.282. The Hall–Kier alpha value is -0.385. The molecule has 0 saturated heterocycles. The maximum Gasteiger partial charge on any atom is 0.456 e. The number of thiazole rings is 1. The third-order valence-electron chi connectivity index (χ3n) is 0.867. The van der Waals surface area contributed by atoms with Crippen LogP contribution in [0.3, 0.4) is 0 Å². The van der Waals surface area contributed by atoms with Gasteiger partial charge in [-0.1, -0.05) is 0 Å². The molecule has 3 nitrogen and oxygen atoms in total. The number of hydrogen-bond donors (Lipinski definition) is 2. The zero-order valence-corrected chi connectivity index (χ0v) is 5.51. The maximum atomic E-state index is 8.46. The Balaban J connectivity index is 2.48. The van der Waals surface area contributed by atoms with Gasteiger partial charge in [-0.15, -0.1) is 11.3 Å². The molecule has 0 aromatic carbocycles. The fourth-order valence-corrected chi connectivity index (χ4v) is 1.15. The molecule has 0 aliphatic carbocycles. The molecule has 1 heterocycles. The summed E-state index contributed by atoms with van der Waals surface area (Å²) in [6.07, 6.45) is 1.91. The number of rotatable bonds is 2. The third kappa shape index (κ3) is 2.13. The van der Waals surface area contributed by atoms with Gasteiger partial charge in [0.15, 0.2) is 0 Å². The van der Waals surface area contributed by atoms with Crippen molar-refractivity contribution in [2.45, 2.75) is 6.32 Å². The summed E-state index contributed by atoms with van der Waals surface area (Å²) in [5.74, 6) is 0. The van der Waals surface area contributed by atoms with Gasteiger partial charge in [0.1, 0.15) is 0 Å². The van der Waals surface area contributed by atoms with Crippen LogP contribution in [0.4, 0.5) is 0 Å². The van der Waals surface area contributed by atoms with Crippen molar-refractivity contribution in [2.24, 2.45) is 0 Å². The van der Waals surface area contributed by atoms with Crippen molar-refractivity contribution in [3.63, 3.8) is 0 Å². The Labute approximate surface area is 57.1 Å². The van der Waals surface area contributed by atoms with E-state index >= 15 is 0 Å². The topological polar surface area (TPSA) is 53.4 Å². The summed E-state index contributed by atoms with van der Waals surface area (Å²) >= 11 is 1.42. The Morgan fingerprint density at radius 1 is 1.67 bits per heavy atom. The lowest BCUT2D eigenvalue weighted by molar-refractivity contribution is 0.406. The molecule has 1 aromatic rings. The second kappa shape index (κ2) is 2.96. The highest BCUT2D eigenvalue weighted by Gasteiger charge is 2.07. The highest BCUT2D eigenvalue weighted by molar-refractivity contribution is 7.09. The number of aromatic nitrogens is 1. The van der Waals surface area contributed by atoms with E-state index in [9.17, 15) is 0 Å². The van der Waals surface area contributed by atoms with E-state index in [1.54, 1.807) is 11.7 Å². The van der Waals surface area contributed by atoms with Crippen LogP contribution >= 0.6 is 11.3 Å². The van der Waals surface area contributed by atoms with Crippen molar-refractivity contribution >= 4 is 18.5 Å². The maximum absolute atomic E-state index is 8.46. The van der Waals surface area contributed by atoms with E-state index in [1.807, 2.05) is 0 Å². The summed E-state index contributed by atoms with van der Waals surface area (Å²) in [5, 5.41) is 16.9. The van der Waals surface area contributed by atoms with Gasteiger partial charge >= 0.3 is 7.12 Å². The molecule has 0 saturated carbocycles. The van der Waals surface area contributed by atoms with Gasteiger partial charge in [-0.25, -0.2) is 0 Å². The molecule has 0 fully saturated rings. The average molecular weight is 143 g/mol. The normalized spacial score (nSPS) is 9.56. The van der Waals surface area contributed by atoms with Gasteiger partial charge in [0.05, 0.1) is 5.51 Å². The third-order valence-corrected chi connectivity index (χ3v) is 1.67. The van der Waals surface area contributed by atoms with Crippen LogP contribution in [-0.2, 0) is 6.32 Å². The zero-order valence-electron chi connectivity index (χ0n) is 4.69. The lowest BCUT2D eigenvalue weighted by atomic mass is 9.86. The molecular formula is C4H6BNO2S. The van der Waals surface area contributed by atoms with Crippen LogP contribution in [0.5, 0.6) is 0 Å². The van der Waals surface area contributed by atoms with Crippen LogP contribution < -0.4 is 0 Å². The molecule has 0 aliphatic heterocycles. The molecule has 0 bridgehead atoms. The second-order valence-corrected chi connectivity index (χ2v) is 2.62. The molecule has 48 valence electrons. The molecule has 0 amide bonds. The first-order valence-corrected chi connectivity index (χ1v) is 3.40. The van der Waals surface area contributed by atoms with Crippen LogP contribution in [0.25, 0.3) is 0 Å². The SMILES string of the molecule is OB(O)Cc1cncs1. The van der Waals surface area contributed by atoms with E-state index in [0.29, 0.717) is 0 Å². The second-order valence-electron chi connectivity index (χ2n) is 1.65. The molecule has 9 heavy (non-hydrogen) atoms. The molecule has 1 rings (SSSR count). The summed E-state index contributed by atoms with van der Waals surface area (Å²) in [4.78, 5) is 4.67. The molecule has 0 spiro atoms. The summed E-state index contributed by atoms with van der Waals surface area (Å²) in [6.45, 7) is 0. The fraction of sp³-hybridized carbons (Fsp3) is 0.250. The average Bonchev–Trinajstić information content (AvgIpc) is 2.15. The minimum Gasteiger partial charge on any atom is -0.427 e. The molecule has 1 aromatic heterocycles. The zero-order chi connectivity index (χ0) is 6.69. The lowest BCUT2D eigenvalue weighted by Gasteiger charge is -1.90. The van der Waals surface area contributed by atoms with Crippen molar-refractivity contribution in [3.05, 3.63) is 16.6 Å². The first-order chi connectivity index (χ1) is 4.29. The highest BCUT2D eigenvalue weighted by Crippen LogP contribution is 2.05. The van der Waals surface area contributed by atoms with Crippen LogP contribution in [0.15, 0.2) is 11.7 Å². The molecule has 0 atom stereocenters.